The molecule has 1 aromatic heterocycles. The second-order valence-electron chi connectivity index (χ2n) is 7.99. The van der Waals surface area contributed by atoms with E-state index in [0.29, 0.717) is 17.9 Å². The van der Waals surface area contributed by atoms with Crippen LogP contribution in [0.3, 0.4) is 0 Å². The Morgan fingerprint density at radius 2 is 2.04 bits per heavy atom. The van der Waals surface area contributed by atoms with Crippen molar-refractivity contribution in [3.05, 3.63) is 47.7 Å². The third-order valence-corrected chi connectivity index (χ3v) is 6.45. The molecule has 0 amide bonds. The quantitative estimate of drug-likeness (QED) is 0.929. The van der Waals surface area contributed by atoms with Crippen molar-refractivity contribution in [1.29, 1.82) is 0 Å². The number of furan rings is 1. The highest BCUT2D eigenvalue weighted by Gasteiger charge is 2.62. The molecule has 5 rings (SSSR count). The minimum Gasteiger partial charge on any atom is -0.461 e. The largest absolute Gasteiger partial charge is 0.461 e. The molecule has 1 spiro atoms. The van der Waals surface area contributed by atoms with Crippen LogP contribution in [0.2, 0.25) is 0 Å². The van der Waals surface area contributed by atoms with Gasteiger partial charge in [0.15, 0.2) is 0 Å². The topological polar surface area (TPSA) is 45.8 Å². The molecule has 4 nitrogen and oxygen atoms in total. The summed E-state index contributed by atoms with van der Waals surface area (Å²) in [6.45, 7) is 5.23. The second kappa shape index (κ2) is 5.70. The fourth-order valence-electron chi connectivity index (χ4n) is 5.27. The third-order valence-electron chi connectivity index (χ3n) is 6.45. The summed E-state index contributed by atoms with van der Waals surface area (Å²) in [5.74, 6) is 2.70. The molecule has 1 aromatic carbocycles. The van der Waals surface area contributed by atoms with Gasteiger partial charge in [0, 0.05) is 43.6 Å². The average Bonchev–Trinajstić information content (AvgIpc) is 3.35. The Balaban J connectivity index is 1.29. The Hall–Kier alpha value is -1.62. The summed E-state index contributed by atoms with van der Waals surface area (Å²) in [6, 6.07) is 12.7. The summed E-state index contributed by atoms with van der Waals surface area (Å²) in [6.07, 6.45) is 2.58. The van der Waals surface area contributed by atoms with Gasteiger partial charge in [0.05, 0.1) is 11.7 Å². The number of hydrogen-bond donors (Lipinski definition) is 1. The Morgan fingerprint density at radius 1 is 1.20 bits per heavy atom. The fraction of sp³-hybridized carbons (Fsp3) is 0.524. The van der Waals surface area contributed by atoms with E-state index in [9.17, 15) is 5.11 Å². The average molecular weight is 339 g/mol. The van der Waals surface area contributed by atoms with E-state index in [1.807, 2.05) is 19.1 Å². The fourth-order valence-corrected chi connectivity index (χ4v) is 5.27. The molecule has 4 heteroatoms. The highest BCUT2D eigenvalue weighted by Crippen LogP contribution is 2.54. The van der Waals surface area contributed by atoms with E-state index < -0.39 is 0 Å². The van der Waals surface area contributed by atoms with E-state index in [1.165, 1.54) is 5.56 Å². The molecule has 3 fully saturated rings. The van der Waals surface area contributed by atoms with Gasteiger partial charge in [-0.2, -0.15) is 0 Å². The van der Waals surface area contributed by atoms with Crippen molar-refractivity contribution in [3.8, 4) is 11.3 Å². The summed E-state index contributed by atoms with van der Waals surface area (Å²) < 4.78 is 12.0. The smallest absolute Gasteiger partial charge is 0.134 e. The molecule has 1 N–H and O–H groups in total. The molecule has 132 valence electrons. The summed E-state index contributed by atoms with van der Waals surface area (Å²) in [5.41, 5.74) is 2.46. The van der Waals surface area contributed by atoms with Crippen molar-refractivity contribution >= 4 is 0 Å². The Kier molecular flexibility index (Phi) is 3.56. The summed E-state index contributed by atoms with van der Waals surface area (Å²) >= 11 is 0. The first-order valence-electron chi connectivity index (χ1n) is 9.34. The van der Waals surface area contributed by atoms with Gasteiger partial charge in [-0.3, -0.25) is 4.90 Å². The first-order chi connectivity index (χ1) is 12.2. The summed E-state index contributed by atoms with van der Waals surface area (Å²) in [7, 11) is 0. The van der Waals surface area contributed by atoms with Crippen molar-refractivity contribution in [2.24, 2.45) is 11.8 Å². The number of ether oxygens (including phenoxy) is 1. The van der Waals surface area contributed by atoms with E-state index in [1.54, 1.807) is 0 Å². The Morgan fingerprint density at radius 3 is 2.76 bits per heavy atom. The van der Waals surface area contributed by atoms with Gasteiger partial charge in [-0.05, 0) is 37.5 Å². The normalized spacial score (nSPS) is 33.9. The van der Waals surface area contributed by atoms with Crippen LogP contribution < -0.4 is 0 Å². The zero-order valence-electron chi connectivity index (χ0n) is 14.6. The van der Waals surface area contributed by atoms with Gasteiger partial charge < -0.3 is 14.3 Å². The number of aliphatic hydroxyl groups excluding tert-OH is 1. The van der Waals surface area contributed by atoms with Gasteiger partial charge in [0.25, 0.3) is 0 Å². The van der Waals surface area contributed by atoms with Gasteiger partial charge in [0.2, 0.25) is 0 Å². The first-order valence-corrected chi connectivity index (χ1v) is 9.34. The molecule has 3 aliphatic rings. The monoisotopic (exact) mass is 339 g/mol. The molecule has 0 unspecified atom stereocenters. The van der Waals surface area contributed by atoms with Crippen molar-refractivity contribution < 1.29 is 14.3 Å². The Bertz CT molecular complexity index is 768. The van der Waals surface area contributed by atoms with Gasteiger partial charge in [-0.25, -0.2) is 0 Å². The lowest BCUT2D eigenvalue weighted by atomic mass is 9.74. The highest BCUT2D eigenvalue weighted by molar-refractivity contribution is 5.57. The molecule has 4 atom stereocenters. The van der Waals surface area contributed by atoms with Crippen molar-refractivity contribution in [1.82, 2.24) is 4.90 Å². The van der Waals surface area contributed by atoms with Crippen LogP contribution in [0, 0.1) is 18.8 Å². The molecular weight excluding hydrogens is 314 g/mol. The predicted octanol–water partition coefficient (Wildman–Crippen LogP) is 3.23. The number of fused-ring (bicyclic) bond motifs is 1. The van der Waals surface area contributed by atoms with Gasteiger partial charge >= 0.3 is 0 Å². The zero-order valence-corrected chi connectivity index (χ0v) is 14.6. The maximum Gasteiger partial charge on any atom is 0.134 e. The second-order valence-corrected chi connectivity index (χ2v) is 7.99. The van der Waals surface area contributed by atoms with E-state index in [4.69, 9.17) is 9.15 Å². The molecule has 25 heavy (non-hydrogen) atoms. The summed E-state index contributed by atoms with van der Waals surface area (Å²) in [4.78, 5) is 2.50. The Labute approximate surface area is 148 Å². The van der Waals surface area contributed by atoms with Crippen LogP contribution >= 0.6 is 0 Å². The molecule has 4 heterocycles. The first kappa shape index (κ1) is 15.6. The lowest BCUT2D eigenvalue weighted by molar-refractivity contribution is 0.000381. The molecule has 2 bridgehead atoms. The zero-order chi connectivity index (χ0) is 17.0. The SMILES string of the molecule is Cc1ccc(-c2ccc(CN3C[C@@H]4[C@H](CO)[C@H]5CC[C@]4(C3)O5)cc2)o1. The third kappa shape index (κ3) is 2.47. The van der Waals surface area contributed by atoms with E-state index in [0.717, 1.165) is 49.6 Å². The molecule has 0 saturated carbocycles. The van der Waals surface area contributed by atoms with Crippen LogP contribution in [0.1, 0.15) is 24.2 Å². The van der Waals surface area contributed by atoms with Gasteiger partial charge in [0.1, 0.15) is 11.5 Å². The number of aryl methyl sites for hydroxylation is 1. The standard InChI is InChI=1S/C21H25NO3/c1-14-2-7-19(24-14)16-5-3-15(4-6-16)10-22-11-18-17(12-23)20-8-9-21(18,13-22)25-20/h2-7,17-18,20,23H,8-13H2,1H3/t17-,18+,20+,21+/m0/s1. The molecule has 0 aliphatic carbocycles. The molecule has 3 saturated heterocycles. The lowest BCUT2D eigenvalue weighted by Gasteiger charge is -2.28. The minimum atomic E-state index is 0.0176. The number of likely N-dealkylation sites (tertiary alicyclic amines) is 1. The maximum absolute atomic E-state index is 9.74. The molecule has 3 aliphatic heterocycles. The number of benzene rings is 1. The van der Waals surface area contributed by atoms with E-state index in [-0.39, 0.29) is 12.2 Å². The maximum atomic E-state index is 9.74. The molecule has 2 aromatic rings. The van der Waals surface area contributed by atoms with Gasteiger partial charge in [-0.15, -0.1) is 0 Å². The van der Waals surface area contributed by atoms with Crippen LogP contribution in [0.25, 0.3) is 11.3 Å². The molecular formula is C21H25NO3. The van der Waals surface area contributed by atoms with Crippen molar-refractivity contribution in [2.75, 3.05) is 19.7 Å². The van der Waals surface area contributed by atoms with Crippen LogP contribution in [-0.2, 0) is 11.3 Å². The van der Waals surface area contributed by atoms with Crippen molar-refractivity contribution in [2.45, 2.75) is 38.0 Å². The van der Waals surface area contributed by atoms with E-state index in [2.05, 4.69) is 29.2 Å². The number of rotatable bonds is 4. The minimum absolute atomic E-state index is 0.0176. The molecule has 0 radical (unpaired) electrons. The van der Waals surface area contributed by atoms with Crippen LogP contribution in [0.15, 0.2) is 40.8 Å². The van der Waals surface area contributed by atoms with Crippen LogP contribution in [0.4, 0.5) is 0 Å². The summed E-state index contributed by atoms with van der Waals surface area (Å²) in [5, 5.41) is 9.74. The lowest BCUT2D eigenvalue weighted by Crippen LogP contribution is -2.37. The van der Waals surface area contributed by atoms with Gasteiger partial charge in [-0.1, -0.05) is 24.3 Å². The number of hydrogen-bond acceptors (Lipinski definition) is 4. The van der Waals surface area contributed by atoms with Crippen molar-refractivity contribution in [3.63, 3.8) is 0 Å². The predicted molar refractivity (Wildman–Crippen MR) is 95.1 cm³/mol. The number of nitrogens with zero attached hydrogens (tertiary/aromatic N) is 1. The number of aliphatic hydroxyl groups is 1. The van der Waals surface area contributed by atoms with Crippen LogP contribution in [-0.4, -0.2) is 41.4 Å². The van der Waals surface area contributed by atoms with E-state index >= 15 is 0 Å². The highest BCUT2D eigenvalue weighted by atomic mass is 16.5. The van der Waals surface area contributed by atoms with Crippen LogP contribution in [0.5, 0.6) is 0 Å².